The van der Waals surface area contributed by atoms with Gasteiger partial charge < -0.3 is 33.9 Å². The van der Waals surface area contributed by atoms with E-state index in [-0.39, 0.29) is 19.5 Å². The molecule has 1 aromatic carbocycles. The number of aryl methyl sites for hydroxylation is 2. The van der Waals surface area contributed by atoms with Crippen molar-refractivity contribution < 1.29 is 28.9 Å². The average Bonchev–Trinajstić information content (AvgIpc) is 2.80. The van der Waals surface area contributed by atoms with Crippen LogP contribution in [-0.2, 0) is 56.8 Å². The third-order valence-corrected chi connectivity index (χ3v) is 7.76. The summed E-state index contributed by atoms with van der Waals surface area (Å²) < 4.78 is 5.47. The quantitative estimate of drug-likeness (QED) is 0.0508. The monoisotopic (exact) mass is 604 g/mol. The molecule has 2 nitrogen and oxygen atoms in total. The fourth-order valence-corrected chi connectivity index (χ4v) is 5.71. The van der Waals surface area contributed by atoms with Gasteiger partial charge in [0.2, 0.25) is 0 Å². The first-order valence-electron chi connectivity index (χ1n) is 14.8. The molecule has 0 saturated heterocycles. The minimum atomic E-state index is -3.37. The zero-order valence-electron chi connectivity index (χ0n) is 23.6. The van der Waals surface area contributed by atoms with E-state index in [1.54, 1.807) is 0 Å². The number of hydrogen-bond donors (Lipinski definition) is 0. The van der Waals surface area contributed by atoms with Crippen molar-refractivity contribution in [2.45, 2.75) is 155 Å². The van der Waals surface area contributed by atoms with Crippen LogP contribution in [-0.4, -0.2) is 0 Å². The molecule has 1 aromatic rings. The van der Waals surface area contributed by atoms with E-state index >= 15 is 0 Å². The van der Waals surface area contributed by atoms with Crippen molar-refractivity contribution in [1.29, 1.82) is 0 Å². The summed E-state index contributed by atoms with van der Waals surface area (Å²) in [6.45, 7) is 4.55. The number of rotatable bonds is 24. The summed E-state index contributed by atoms with van der Waals surface area (Å²) in [6, 6.07) is 6.31. The summed E-state index contributed by atoms with van der Waals surface area (Å²) in [5.41, 5.74) is 2.53. The molecule has 0 amide bonds. The van der Waals surface area contributed by atoms with Crippen molar-refractivity contribution >= 4 is 30.6 Å². The topological polar surface area (TPSA) is 32.3 Å². The van der Waals surface area contributed by atoms with Gasteiger partial charge in [-0.1, -0.05) is 135 Å². The van der Waals surface area contributed by atoms with E-state index in [0.717, 1.165) is 12.8 Å². The third-order valence-electron chi connectivity index (χ3n) is 6.88. The summed E-state index contributed by atoms with van der Waals surface area (Å²) >= 11 is 9.72. The van der Waals surface area contributed by atoms with Crippen molar-refractivity contribution in [2.24, 2.45) is 0 Å². The second-order valence-corrected chi connectivity index (χ2v) is 15.0. The van der Waals surface area contributed by atoms with Gasteiger partial charge in [-0.3, -0.25) is 0 Å². The maximum Gasteiger partial charge on any atom is 2.00 e. The number of unbranched alkanes of at least 4 members (excludes halogenated alkanes) is 18. The van der Waals surface area contributed by atoms with E-state index < -0.39 is 6.12 Å². The van der Waals surface area contributed by atoms with Crippen LogP contribution in [0.2, 0.25) is 0 Å². The summed E-state index contributed by atoms with van der Waals surface area (Å²) in [6.07, 6.45) is 25.6. The van der Waals surface area contributed by atoms with Crippen molar-refractivity contribution in [2.75, 3.05) is 0 Å². The van der Waals surface area contributed by atoms with Crippen molar-refractivity contribution in [1.82, 2.24) is 0 Å². The predicted octanol–water partition coefficient (Wildman–Crippen LogP) is 10.1. The van der Waals surface area contributed by atoms with Gasteiger partial charge in [-0.15, -0.1) is 6.12 Å². The second kappa shape index (κ2) is 24.8. The minimum absolute atomic E-state index is 0. The molecule has 204 valence electrons. The fourth-order valence-electron chi connectivity index (χ4n) is 4.83. The molecule has 0 aliphatic rings. The smallest absolute Gasteiger partial charge is 0.682 e. The van der Waals surface area contributed by atoms with E-state index in [1.165, 1.54) is 140 Å². The van der Waals surface area contributed by atoms with Gasteiger partial charge >= 0.3 is 19.5 Å². The molecule has 0 radical (unpaired) electrons. The van der Waals surface area contributed by atoms with Crippen LogP contribution in [0.4, 0.5) is 0 Å². The minimum Gasteiger partial charge on any atom is -0.682 e. The van der Waals surface area contributed by atoms with Crippen molar-refractivity contribution in [3.63, 3.8) is 0 Å². The fraction of sp³-hybridized carbons (Fsp3) is 0.800. The van der Waals surface area contributed by atoms with E-state index in [2.05, 4.69) is 19.9 Å². The molecular formula is C30H53O2PS2Zn. The van der Waals surface area contributed by atoms with Gasteiger partial charge in [0.1, 0.15) is 0 Å². The zero-order chi connectivity index (χ0) is 25.6. The van der Waals surface area contributed by atoms with Gasteiger partial charge in [0, 0.05) is 0 Å². The average molecular weight is 606 g/mol. The molecule has 0 aliphatic carbocycles. The van der Waals surface area contributed by atoms with Crippen molar-refractivity contribution in [3.05, 3.63) is 29.3 Å². The van der Waals surface area contributed by atoms with Gasteiger partial charge in [-0.2, -0.15) is 0 Å². The van der Waals surface area contributed by atoms with Crippen LogP contribution in [0.5, 0.6) is 5.75 Å². The van der Waals surface area contributed by atoms with Gasteiger partial charge in [-0.25, -0.2) is 0 Å². The molecule has 36 heavy (non-hydrogen) atoms. The van der Waals surface area contributed by atoms with Gasteiger partial charge in [-0.05, 0) is 48.9 Å². The van der Waals surface area contributed by atoms with E-state index in [1.807, 2.05) is 12.1 Å². The normalized spacial score (nSPS) is 11.5. The maximum absolute atomic E-state index is 11.9. The van der Waals surface area contributed by atoms with E-state index in [0.29, 0.717) is 5.75 Å². The SMILES string of the molecule is CCCCCCCCCCCCc1cc(CCCCCCCCCCCC)cc(O[P+]([O-])([S-])[S-])c1.[Zn+2]. The van der Waals surface area contributed by atoms with Gasteiger partial charge in [0.25, 0.3) is 0 Å². The molecule has 6 heteroatoms. The van der Waals surface area contributed by atoms with E-state index in [9.17, 15) is 4.89 Å². The molecule has 0 fully saturated rings. The molecule has 0 aromatic heterocycles. The van der Waals surface area contributed by atoms with Crippen molar-refractivity contribution in [3.8, 4) is 5.75 Å². The third kappa shape index (κ3) is 22.7. The Hall–Kier alpha value is 0.733. The molecule has 0 N–H and O–H groups in total. The maximum atomic E-state index is 11.9. The zero-order valence-corrected chi connectivity index (χ0v) is 29.1. The Morgan fingerprint density at radius 1 is 0.556 bits per heavy atom. The molecule has 0 saturated carbocycles. The Labute approximate surface area is 248 Å². The second-order valence-electron chi connectivity index (χ2n) is 10.4. The van der Waals surface area contributed by atoms with Crippen LogP contribution >= 0.6 is 6.12 Å². The first kappa shape index (κ1) is 36.7. The van der Waals surface area contributed by atoms with Crippen LogP contribution in [0.1, 0.15) is 153 Å². The molecule has 0 spiro atoms. The number of hydrogen-bond acceptors (Lipinski definition) is 4. The Kier molecular flexibility index (Phi) is 25.3. The molecular weight excluding hydrogens is 553 g/mol. The molecule has 0 heterocycles. The predicted molar refractivity (Wildman–Crippen MR) is 160 cm³/mol. The van der Waals surface area contributed by atoms with Crippen LogP contribution in [0, 0.1) is 0 Å². The van der Waals surface area contributed by atoms with Crippen LogP contribution < -0.4 is 9.42 Å². The molecule has 0 bridgehead atoms. The molecule has 1 rings (SSSR count). The molecule has 0 atom stereocenters. The first-order chi connectivity index (χ1) is 16.9. The molecule has 0 aliphatic heterocycles. The summed E-state index contributed by atoms with van der Waals surface area (Å²) in [4.78, 5) is 11.9. The summed E-state index contributed by atoms with van der Waals surface area (Å²) in [7, 11) is 0. The van der Waals surface area contributed by atoms with Crippen LogP contribution in [0.25, 0.3) is 0 Å². The van der Waals surface area contributed by atoms with Gasteiger partial charge in [0.15, 0.2) is 5.75 Å². The van der Waals surface area contributed by atoms with Crippen LogP contribution in [0.3, 0.4) is 0 Å². The number of benzene rings is 1. The Balaban J connectivity index is 0.0000122. The Morgan fingerprint density at radius 2 is 0.861 bits per heavy atom. The standard InChI is InChI=1S/C30H55O2PS2.Zn/c1-3-5-7-9-11-13-15-17-19-21-23-28-25-29(27-30(26-28)32-33(31,34)35)24-22-20-18-16-14-12-10-8-6-4-2;/h25-27H,3-24H2,1-2H3,(H2,31,34,35);/q;+2/p-2. The summed E-state index contributed by atoms with van der Waals surface area (Å²) in [5, 5.41) is 0. The Morgan fingerprint density at radius 3 is 1.17 bits per heavy atom. The largest absolute Gasteiger partial charge is 2.00 e. The first-order valence-corrected chi connectivity index (χ1v) is 18.4. The molecule has 0 unspecified atom stereocenters. The van der Waals surface area contributed by atoms with E-state index in [4.69, 9.17) is 29.0 Å². The van der Waals surface area contributed by atoms with Gasteiger partial charge in [0.05, 0.1) is 0 Å². The van der Waals surface area contributed by atoms with Crippen LogP contribution in [0.15, 0.2) is 18.2 Å². The summed E-state index contributed by atoms with van der Waals surface area (Å²) in [5.74, 6) is 0.602. The Bertz CT molecular complexity index is 583.